The molecule has 0 unspecified atom stereocenters. The molecule has 0 atom stereocenters. The van der Waals surface area contributed by atoms with Crippen LogP contribution in [-0.4, -0.2) is 27.9 Å². The molecule has 0 aliphatic heterocycles. The summed E-state index contributed by atoms with van der Waals surface area (Å²) in [6.45, 7) is 0. The van der Waals surface area contributed by atoms with Gasteiger partial charge in [0.2, 0.25) is 5.82 Å². The molecule has 0 aliphatic rings. The summed E-state index contributed by atoms with van der Waals surface area (Å²) in [7, 11) is 1.44. The van der Waals surface area contributed by atoms with Crippen molar-refractivity contribution in [3.8, 4) is 17.3 Å². The van der Waals surface area contributed by atoms with E-state index in [-0.39, 0.29) is 11.5 Å². The molecule has 5 rings (SSSR count). The van der Waals surface area contributed by atoms with Crippen LogP contribution in [0.15, 0.2) is 85.5 Å². The Morgan fingerprint density at radius 1 is 1.15 bits per heavy atom. The Hall–Kier alpha value is -4.31. The summed E-state index contributed by atoms with van der Waals surface area (Å²) in [5, 5.41) is 16.7. The molecular formula is C24H15BrN4O5. The number of nitrogens with zero attached hydrogens (tertiary/aromatic N) is 4. The highest BCUT2D eigenvalue weighted by molar-refractivity contribution is 9.10. The van der Waals surface area contributed by atoms with E-state index in [9.17, 15) is 14.9 Å². The molecule has 0 saturated carbocycles. The normalized spacial score (nSPS) is 11.5. The summed E-state index contributed by atoms with van der Waals surface area (Å²) < 4.78 is 13.3. The van der Waals surface area contributed by atoms with Gasteiger partial charge in [-0.05, 0) is 42.5 Å². The highest BCUT2D eigenvalue weighted by Crippen LogP contribution is 2.29. The minimum Gasteiger partial charge on any atom is -0.496 e. The molecule has 2 aromatic heterocycles. The lowest BCUT2D eigenvalue weighted by atomic mass is 10.2. The molecule has 0 saturated heterocycles. The van der Waals surface area contributed by atoms with E-state index in [1.54, 1.807) is 30.3 Å². The quantitative estimate of drug-likeness (QED) is 0.175. The zero-order valence-electron chi connectivity index (χ0n) is 17.6. The second-order valence-corrected chi connectivity index (χ2v) is 8.21. The van der Waals surface area contributed by atoms with Crippen molar-refractivity contribution in [3.63, 3.8) is 0 Å². The van der Waals surface area contributed by atoms with E-state index >= 15 is 0 Å². The van der Waals surface area contributed by atoms with Crippen LogP contribution in [0.2, 0.25) is 0 Å². The smallest absolute Gasteiger partial charge is 0.282 e. The minimum atomic E-state index is -0.515. The van der Waals surface area contributed by atoms with E-state index in [2.05, 4.69) is 26.0 Å². The number of non-ortho nitro benzene ring substituents is 1. The van der Waals surface area contributed by atoms with Crippen LogP contribution in [0.1, 0.15) is 5.56 Å². The summed E-state index contributed by atoms with van der Waals surface area (Å²) in [6.07, 6.45) is 1.33. The largest absolute Gasteiger partial charge is 0.496 e. The molecule has 5 aromatic rings. The number of rotatable bonds is 5. The van der Waals surface area contributed by atoms with Gasteiger partial charge in [0.1, 0.15) is 11.3 Å². The number of aromatic nitrogens is 2. The third-order valence-corrected chi connectivity index (χ3v) is 5.68. The lowest BCUT2D eigenvalue weighted by Gasteiger charge is -2.08. The zero-order valence-corrected chi connectivity index (χ0v) is 19.2. The van der Waals surface area contributed by atoms with Crippen LogP contribution in [0.4, 0.5) is 5.69 Å². The number of ether oxygens (including phenoxy) is 1. The van der Waals surface area contributed by atoms with Crippen molar-refractivity contribution in [2.75, 3.05) is 7.11 Å². The molecule has 0 amide bonds. The van der Waals surface area contributed by atoms with Gasteiger partial charge in [-0.25, -0.2) is 4.98 Å². The number of hydrogen-bond donors (Lipinski definition) is 0. The van der Waals surface area contributed by atoms with Crippen molar-refractivity contribution in [2.24, 2.45) is 5.10 Å². The summed E-state index contributed by atoms with van der Waals surface area (Å²) in [4.78, 5) is 28.7. The number of fused-ring (bicyclic) bond motifs is 2. The number of methoxy groups -OCH3 is 1. The average molecular weight is 519 g/mol. The molecule has 34 heavy (non-hydrogen) atoms. The van der Waals surface area contributed by atoms with Gasteiger partial charge in [0, 0.05) is 27.6 Å². The molecular weight excluding hydrogens is 504 g/mol. The van der Waals surface area contributed by atoms with Gasteiger partial charge in [0.15, 0.2) is 5.76 Å². The highest BCUT2D eigenvalue weighted by Gasteiger charge is 2.17. The predicted molar refractivity (Wildman–Crippen MR) is 132 cm³/mol. The van der Waals surface area contributed by atoms with Crippen LogP contribution >= 0.6 is 15.9 Å². The molecule has 0 spiro atoms. The standard InChI is InChI=1S/C24H15BrN4O5/c1-33-20-9-7-17(29(31)32)11-15(20)13-26-28-23(27-19-5-3-2-4-18(19)24(28)30)22-12-14-10-16(25)6-8-21(14)34-22/h2-13H,1H3. The van der Waals surface area contributed by atoms with Gasteiger partial charge in [-0.15, -0.1) is 0 Å². The van der Waals surface area contributed by atoms with Gasteiger partial charge in [-0.2, -0.15) is 9.78 Å². The van der Waals surface area contributed by atoms with E-state index in [0.717, 1.165) is 14.5 Å². The number of para-hydroxylation sites is 1. The summed E-state index contributed by atoms with van der Waals surface area (Å²) in [6, 6.07) is 18.4. The fourth-order valence-corrected chi connectivity index (χ4v) is 3.95. The fourth-order valence-electron chi connectivity index (χ4n) is 3.57. The third-order valence-electron chi connectivity index (χ3n) is 5.19. The van der Waals surface area contributed by atoms with Crippen LogP contribution in [0, 0.1) is 10.1 Å². The third kappa shape index (κ3) is 3.84. The Morgan fingerprint density at radius 2 is 1.97 bits per heavy atom. The Labute approximate surface area is 200 Å². The maximum Gasteiger partial charge on any atom is 0.282 e. The summed E-state index contributed by atoms with van der Waals surface area (Å²) in [5.41, 5.74) is 0.897. The van der Waals surface area contributed by atoms with E-state index in [4.69, 9.17) is 9.15 Å². The van der Waals surface area contributed by atoms with Crippen LogP contribution in [0.3, 0.4) is 0 Å². The minimum absolute atomic E-state index is 0.130. The predicted octanol–water partition coefficient (Wildman–Crippen LogP) is 5.37. The Morgan fingerprint density at radius 3 is 2.76 bits per heavy atom. The number of hydrogen-bond acceptors (Lipinski definition) is 7. The van der Waals surface area contributed by atoms with Crippen molar-refractivity contribution in [2.45, 2.75) is 0 Å². The van der Waals surface area contributed by atoms with Crippen LogP contribution in [0.5, 0.6) is 5.75 Å². The van der Waals surface area contributed by atoms with Crippen molar-refractivity contribution < 1.29 is 14.1 Å². The molecule has 10 heteroatoms. The average Bonchev–Trinajstić information content (AvgIpc) is 3.26. The second kappa shape index (κ2) is 8.56. The molecule has 2 heterocycles. The molecule has 0 radical (unpaired) electrons. The van der Waals surface area contributed by atoms with Gasteiger partial charge in [0.05, 0.1) is 29.2 Å². The maximum atomic E-state index is 13.4. The van der Waals surface area contributed by atoms with Gasteiger partial charge in [-0.1, -0.05) is 28.1 Å². The Balaban J connectivity index is 1.73. The summed E-state index contributed by atoms with van der Waals surface area (Å²) in [5.74, 6) is 0.905. The van der Waals surface area contributed by atoms with Crippen molar-refractivity contribution >= 4 is 49.7 Å². The van der Waals surface area contributed by atoms with Crippen LogP contribution in [-0.2, 0) is 0 Å². The first-order valence-electron chi connectivity index (χ1n) is 10.0. The number of nitro benzene ring substituents is 1. The Kier molecular flexibility index (Phi) is 5.42. The fraction of sp³-hybridized carbons (Fsp3) is 0.0417. The first-order chi connectivity index (χ1) is 16.4. The molecule has 0 fully saturated rings. The van der Waals surface area contributed by atoms with Gasteiger partial charge in [-0.3, -0.25) is 14.9 Å². The van der Waals surface area contributed by atoms with Gasteiger partial charge in [0.25, 0.3) is 11.2 Å². The van der Waals surface area contributed by atoms with Crippen molar-refractivity contribution in [1.82, 2.24) is 9.66 Å². The number of benzene rings is 3. The first kappa shape index (κ1) is 21.5. The SMILES string of the molecule is COc1ccc([N+](=O)[O-])cc1C=Nn1c(-c2cc3cc(Br)ccc3o2)nc2ccccc2c1=O. The summed E-state index contributed by atoms with van der Waals surface area (Å²) >= 11 is 3.44. The first-order valence-corrected chi connectivity index (χ1v) is 10.8. The lowest BCUT2D eigenvalue weighted by molar-refractivity contribution is -0.384. The Bertz CT molecular complexity index is 1670. The highest BCUT2D eigenvalue weighted by atomic mass is 79.9. The number of furan rings is 1. The molecule has 0 aliphatic carbocycles. The van der Waals surface area contributed by atoms with E-state index < -0.39 is 10.5 Å². The molecule has 168 valence electrons. The van der Waals surface area contributed by atoms with Crippen LogP contribution < -0.4 is 10.3 Å². The van der Waals surface area contributed by atoms with Crippen molar-refractivity contribution in [1.29, 1.82) is 0 Å². The molecule has 0 N–H and O–H groups in total. The number of halogens is 1. The van der Waals surface area contributed by atoms with Crippen LogP contribution in [0.25, 0.3) is 33.5 Å². The van der Waals surface area contributed by atoms with Crippen molar-refractivity contribution in [3.05, 3.63) is 97.2 Å². The van der Waals surface area contributed by atoms with Gasteiger partial charge < -0.3 is 9.15 Å². The monoisotopic (exact) mass is 518 g/mol. The number of nitro groups is 1. The lowest BCUT2D eigenvalue weighted by Crippen LogP contribution is -2.20. The zero-order chi connectivity index (χ0) is 23.8. The van der Waals surface area contributed by atoms with Gasteiger partial charge >= 0.3 is 0 Å². The maximum absolute atomic E-state index is 13.4. The molecule has 0 bridgehead atoms. The molecule has 3 aromatic carbocycles. The second-order valence-electron chi connectivity index (χ2n) is 7.29. The molecule has 9 nitrogen and oxygen atoms in total. The topological polar surface area (TPSA) is 113 Å². The van der Waals surface area contributed by atoms with E-state index in [1.165, 1.54) is 31.5 Å². The van der Waals surface area contributed by atoms with E-state index in [0.29, 0.717) is 33.6 Å². The van der Waals surface area contributed by atoms with E-state index in [1.807, 2.05) is 18.2 Å².